The van der Waals surface area contributed by atoms with Gasteiger partial charge in [-0.05, 0) is 30.7 Å². The van der Waals surface area contributed by atoms with Gasteiger partial charge in [0.15, 0.2) is 17.6 Å². The average molecular weight is 358 g/mol. The Balaban J connectivity index is 2.66. The smallest absolute Gasteiger partial charge is 0.271 e. The van der Waals surface area contributed by atoms with E-state index in [2.05, 4.69) is 5.10 Å². The van der Waals surface area contributed by atoms with Crippen LogP contribution in [0.25, 0.3) is 0 Å². The number of rotatable bonds is 9. The van der Waals surface area contributed by atoms with Gasteiger partial charge in [-0.2, -0.15) is 5.10 Å². The molecule has 10 nitrogen and oxygen atoms in total. The molecule has 0 aliphatic rings. The first-order valence-electron chi connectivity index (χ1n) is 7.43. The number of phenols is 1. The van der Waals surface area contributed by atoms with E-state index in [1.165, 1.54) is 24.4 Å². The standard InChI is InChI=1S/C15H22N2O8/c1-2-25-11-5-8(3-4-9(11)19)6-16-17-15(24)14(23)13(22)12(21)10(20)7-18/h3-6,10,12-14,18-23H,2,7H2,1H3,(H,17,24)/b16-6+. The van der Waals surface area contributed by atoms with E-state index in [0.29, 0.717) is 12.2 Å². The summed E-state index contributed by atoms with van der Waals surface area (Å²) in [6, 6.07) is 4.35. The summed E-state index contributed by atoms with van der Waals surface area (Å²) in [7, 11) is 0. The Morgan fingerprint density at radius 2 is 1.96 bits per heavy atom. The normalized spacial score (nSPS) is 16.2. The molecule has 0 saturated heterocycles. The second-order valence-corrected chi connectivity index (χ2v) is 5.07. The maximum absolute atomic E-state index is 11.7. The molecule has 1 aromatic rings. The van der Waals surface area contributed by atoms with Crippen molar-refractivity contribution in [2.75, 3.05) is 13.2 Å². The van der Waals surface area contributed by atoms with Crippen LogP contribution in [-0.4, -0.2) is 80.4 Å². The Bertz CT molecular complexity index is 595. The predicted molar refractivity (Wildman–Crippen MR) is 86.1 cm³/mol. The number of ether oxygens (including phenoxy) is 1. The van der Waals surface area contributed by atoms with Gasteiger partial charge in [-0.25, -0.2) is 5.43 Å². The number of hydrogen-bond acceptors (Lipinski definition) is 9. The van der Waals surface area contributed by atoms with Crippen molar-refractivity contribution in [3.05, 3.63) is 23.8 Å². The molecule has 0 aromatic heterocycles. The van der Waals surface area contributed by atoms with Crippen molar-refractivity contribution >= 4 is 12.1 Å². The molecule has 1 aromatic carbocycles. The molecule has 7 N–H and O–H groups in total. The minimum atomic E-state index is -2.08. The number of hydrogen-bond donors (Lipinski definition) is 7. The molecule has 1 rings (SSSR count). The van der Waals surface area contributed by atoms with E-state index in [1.807, 2.05) is 5.43 Å². The van der Waals surface area contributed by atoms with Crippen LogP contribution in [0, 0.1) is 0 Å². The molecule has 0 aliphatic heterocycles. The highest BCUT2D eigenvalue weighted by molar-refractivity contribution is 5.85. The molecule has 0 fully saturated rings. The third-order valence-corrected chi connectivity index (χ3v) is 3.20. The van der Waals surface area contributed by atoms with Crippen molar-refractivity contribution in [2.45, 2.75) is 31.3 Å². The lowest BCUT2D eigenvalue weighted by molar-refractivity contribution is -0.148. The van der Waals surface area contributed by atoms with E-state index in [-0.39, 0.29) is 11.5 Å². The molecule has 0 spiro atoms. The topological polar surface area (TPSA) is 172 Å². The Kier molecular flexibility index (Phi) is 8.25. The summed E-state index contributed by atoms with van der Waals surface area (Å²) in [6.45, 7) is 1.24. The lowest BCUT2D eigenvalue weighted by atomic mass is 10.0. The molecular formula is C15H22N2O8. The first kappa shape index (κ1) is 20.8. The summed E-state index contributed by atoms with van der Waals surface area (Å²) in [5, 5.41) is 59.6. The summed E-state index contributed by atoms with van der Waals surface area (Å²) >= 11 is 0. The number of nitrogens with one attached hydrogen (secondary N) is 1. The fourth-order valence-corrected chi connectivity index (χ4v) is 1.80. The fraction of sp³-hybridized carbons (Fsp3) is 0.467. The fourth-order valence-electron chi connectivity index (χ4n) is 1.80. The molecule has 25 heavy (non-hydrogen) atoms. The Hall–Kier alpha value is -2.24. The minimum Gasteiger partial charge on any atom is -0.504 e. The third-order valence-electron chi connectivity index (χ3n) is 3.20. The maximum Gasteiger partial charge on any atom is 0.271 e. The van der Waals surface area contributed by atoms with Crippen molar-refractivity contribution in [1.82, 2.24) is 5.43 Å². The average Bonchev–Trinajstić information content (AvgIpc) is 2.61. The maximum atomic E-state index is 11.7. The summed E-state index contributed by atoms with van der Waals surface area (Å²) in [5.41, 5.74) is 2.43. The van der Waals surface area contributed by atoms with Crippen molar-refractivity contribution in [3.63, 3.8) is 0 Å². The molecular weight excluding hydrogens is 336 g/mol. The zero-order valence-corrected chi connectivity index (χ0v) is 13.5. The number of hydrazone groups is 1. The summed E-state index contributed by atoms with van der Waals surface area (Å²) in [6.07, 6.45) is -6.52. The number of phenolic OH excluding ortho intramolecular Hbond substituents is 1. The zero-order valence-electron chi connectivity index (χ0n) is 13.5. The van der Waals surface area contributed by atoms with Gasteiger partial charge in [0.2, 0.25) is 0 Å². The van der Waals surface area contributed by atoms with Gasteiger partial charge in [-0.1, -0.05) is 0 Å². The van der Waals surface area contributed by atoms with Gasteiger partial charge in [0, 0.05) is 0 Å². The number of carbonyl (C=O) groups excluding carboxylic acids is 1. The van der Waals surface area contributed by atoms with Crippen LogP contribution in [0.15, 0.2) is 23.3 Å². The van der Waals surface area contributed by atoms with E-state index < -0.39 is 36.9 Å². The first-order chi connectivity index (χ1) is 11.8. The summed E-state index contributed by atoms with van der Waals surface area (Å²) < 4.78 is 5.19. The van der Waals surface area contributed by atoms with E-state index >= 15 is 0 Å². The van der Waals surface area contributed by atoms with E-state index in [9.17, 15) is 30.3 Å². The van der Waals surface area contributed by atoms with Gasteiger partial charge in [0.1, 0.15) is 18.3 Å². The molecule has 0 heterocycles. The highest BCUT2D eigenvalue weighted by atomic mass is 16.5. The van der Waals surface area contributed by atoms with Crippen LogP contribution in [0.2, 0.25) is 0 Å². The van der Waals surface area contributed by atoms with Crippen LogP contribution in [-0.2, 0) is 4.79 Å². The van der Waals surface area contributed by atoms with Gasteiger partial charge >= 0.3 is 0 Å². The van der Waals surface area contributed by atoms with Crippen LogP contribution in [0.4, 0.5) is 0 Å². The number of benzene rings is 1. The Morgan fingerprint density at radius 3 is 2.56 bits per heavy atom. The van der Waals surface area contributed by atoms with Crippen LogP contribution in [0.1, 0.15) is 12.5 Å². The van der Waals surface area contributed by atoms with Crippen LogP contribution >= 0.6 is 0 Å². The van der Waals surface area contributed by atoms with Crippen LogP contribution in [0.3, 0.4) is 0 Å². The molecule has 4 unspecified atom stereocenters. The molecule has 4 atom stereocenters. The largest absolute Gasteiger partial charge is 0.504 e. The van der Waals surface area contributed by atoms with Gasteiger partial charge < -0.3 is 35.4 Å². The molecule has 0 saturated carbocycles. The highest BCUT2D eigenvalue weighted by Gasteiger charge is 2.34. The number of aromatic hydroxyl groups is 1. The monoisotopic (exact) mass is 358 g/mol. The Morgan fingerprint density at radius 1 is 1.28 bits per heavy atom. The molecule has 0 radical (unpaired) electrons. The van der Waals surface area contributed by atoms with Gasteiger partial charge in [0.05, 0.1) is 19.4 Å². The van der Waals surface area contributed by atoms with E-state index in [1.54, 1.807) is 6.92 Å². The van der Waals surface area contributed by atoms with Crippen molar-refractivity contribution in [2.24, 2.45) is 5.10 Å². The predicted octanol–water partition coefficient (Wildman–Crippen LogP) is -2.32. The van der Waals surface area contributed by atoms with Crippen LogP contribution < -0.4 is 10.2 Å². The first-order valence-corrected chi connectivity index (χ1v) is 7.43. The number of aliphatic hydroxyl groups is 5. The highest BCUT2D eigenvalue weighted by Crippen LogP contribution is 2.26. The lowest BCUT2D eigenvalue weighted by Gasteiger charge is -2.24. The number of amides is 1. The molecule has 1 amide bonds. The second kappa shape index (κ2) is 9.91. The number of nitrogens with zero attached hydrogens (tertiary/aromatic N) is 1. The number of aliphatic hydroxyl groups excluding tert-OH is 5. The Labute approximate surface area is 143 Å². The molecule has 0 bridgehead atoms. The van der Waals surface area contributed by atoms with Crippen LogP contribution in [0.5, 0.6) is 11.5 Å². The van der Waals surface area contributed by atoms with E-state index in [4.69, 9.17) is 9.84 Å². The van der Waals surface area contributed by atoms with Gasteiger partial charge in [0.25, 0.3) is 5.91 Å². The van der Waals surface area contributed by atoms with Gasteiger partial charge in [-0.15, -0.1) is 0 Å². The van der Waals surface area contributed by atoms with Crippen molar-refractivity contribution in [1.29, 1.82) is 0 Å². The SMILES string of the molecule is CCOc1cc(/C=N/NC(=O)C(O)C(O)C(O)C(O)CO)ccc1O. The van der Waals surface area contributed by atoms with E-state index in [0.717, 1.165) is 0 Å². The summed E-state index contributed by atoms with van der Waals surface area (Å²) in [5.74, 6) is -0.955. The molecule has 0 aliphatic carbocycles. The zero-order chi connectivity index (χ0) is 19.0. The second-order valence-electron chi connectivity index (χ2n) is 5.07. The number of carbonyl (C=O) groups is 1. The quantitative estimate of drug-likeness (QED) is 0.190. The molecule has 10 heteroatoms. The lowest BCUT2D eigenvalue weighted by Crippen LogP contribution is -2.50. The summed E-state index contributed by atoms with van der Waals surface area (Å²) in [4.78, 5) is 11.7. The van der Waals surface area contributed by atoms with Crippen molar-refractivity contribution in [3.8, 4) is 11.5 Å². The van der Waals surface area contributed by atoms with Gasteiger partial charge in [-0.3, -0.25) is 4.79 Å². The van der Waals surface area contributed by atoms with Crippen molar-refractivity contribution < 1.29 is 40.2 Å². The minimum absolute atomic E-state index is 0.0574. The molecule has 140 valence electrons. The third kappa shape index (κ3) is 5.96.